The minimum Gasteiger partial charge on any atom is -0.372 e. The van der Waals surface area contributed by atoms with Crippen molar-refractivity contribution in [3.63, 3.8) is 0 Å². The van der Waals surface area contributed by atoms with Crippen molar-refractivity contribution in [2.24, 2.45) is 0 Å². The average molecular weight is 451 g/mol. The Hall–Kier alpha value is -3.95. The average Bonchev–Trinajstić information content (AvgIpc) is 3.39. The van der Waals surface area contributed by atoms with Gasteiger partial charge in [0.15, 0.2) is 0 Å². The maximum absolute atomic E-state index is 13.1. The first-order chi connectivity index (χ1) is 15.7. The number of nitro groups is 1. The van der Waals surface area contributed by atoms with Gasteiger partial charge < -0.3 is 15.5 Å². The molecule has 1 unspecified atom stereocenters. The zero-order valence-corrected chi connectivity index (χ0v) is 18.5. The lowest BCUT2D eigenvalue weighted by molar-refractivity contribution is -0.385. The van der Waals surface area contributed by atoms with Gasteiger partial charge in [-0.15, -0.1) is 0 Å². The van der Waals surface area contributed by atoms with E-state index >= 15 is 0 Å². The van der Waals surface area contributed by atoms with Crippen LogP contribution in [0.4, 0.5) is 21.9 Å². The fourth-order valence-electron chi connectivity index (χ4n) is 4.26. The molecule has 2 N–H and O–H groups in total. The molecule has 0 saturated carbocycles. The van der Waals surface area contributed by atoms with Crippen LogP contribution in [-0.4, -0.2) is 47.3 Å². The standard InChI is InChI=1S/C23H25N5O5/c1-15-12-17(26-10-3-4-11-26)8-9-19(15)24-20(29)14-27-21(30)23(2,25-22(27)31)16-6-5-7-18(13-16)28(32)33/h5-9,12-13H,3-4,10-11,14H2,1-2H3,(H,24,29)(H,25,31). The molecule has 0 spiro atoms. The Balaban J connectivity index is 1.46. The third-order valence-electron chi connectivity index (χ3n) is 6.17. The van der Waals surface area contributed by atoms with E-state index in [2.05, 4.69) is 15.5 Å². The number of non-ortho nitro benzene ring substituents is 1. The summed E-state index contributed by atoms with van der Waals surface area (Å²) in [5.41, 5.74) is 1.16. The number of carbonyl (C=O) groups excluding carboxylic acids is 3. The summed E-state index contributed by atoms with van der Waals surface area (Å²) < 4.78 is 0. The lowest BCUT2D eigenvalue weighted by atomic mass is 9.91. The first kappa shape index (κ1) is 22.3. The third kappa shape index (κ3) is 4.23. The molecular formula is C23H25N5O5. The largest absolute Gasteiger partial charge is 0.372 e. The van der Waals surface area contributed by atoms with E-state index in [0.29, 0.717) is 5.69 Å². The number of anilines is 2. The van der Waals surface area contributed by atoms with Gasteiger partial charge in [0.2, 0.25) is 5.91 Å². The van der Waals surface area contributed by atoms with Crippen LogP contribution in [0.1, 0.15) is 30.9 Å². The molecule has 0 aromatic heterocycles. The van der Waals surface area contributed by atoms with Crippen molar-refractivity contribution < 1.29 is 19.3 Å². The molecule has 172 valence electrons. The van der Waals surface area contributed by atoms with Gasteiger partial charge in [-0.25, -0.2) is 4.79 Å². The predicted molar refractivity (Wildman–Crippen MR) is 122 cm³/mol. The number of imide groups is 1. The Morgan fingerprint density at radius 3 is 2.58 bits per heavy atom. The molecule has 2 heterocycles. The van der Waals surface area contributed by atoms with Crippen LogP contribution < -0.4 is 15.5 Å². The lowest BCUT2D eigenvalue weighted by Crippen LogP contribution is -2.42. The van der Waals surface area contributed by atoms with E-state index < -0.39 is 34.9 Å². The monoisotopic (exact) mass is 451 g/mol. The maximum atomic E-state index is 13.1. The van der Waals surface area contributed by atoms with Crippen molar-refractivity contribution in [3.8, 4) is 0 Å². The van der Waals surface area contributed by atoms with Gasteiger partial charge in [-0.05, 0) is 56.0 Å². The van der Waals surface area contributed by atoms with Gasteiger partial charge in [-0.2, -0.15) is 0 Å². The first-order valence-electron chi connectivity index (χ1n) is 10.7. The van der Waals surface area contributed by atoms with Gasteiger partial charge in [0.05, 0.1) is 4.92 Å². The molecule has 2 aromatic rings. The molecule has 2 aromatic carbocycles. The second-order valence-corrected chi connectivity index (χ2v) is 8.50. The van der Waals surface area contributed by atoms with E-state index in [1.165, 1.54) is 44.0 Å². The van der Waals surface area contributed by atoms with Crippen LogP contribution in [0.3, 0.4) is 0 Å². The Morgan fingerprint density at radius 2 is 1.91 bits per heavy atom. The summed E-state index contributed by atoms with van der Waals surface area (Å²) in [6, 6.07) is 10.6. The molecule has 10 nitrogen and oxygen atoms in total. The Labute approximate surface area is 190 Å². The number of hydrogen-bond acceptors (Lipinski definition) is 6. The van der Waals surface area contributed by atoms with Crippen LogP contribution in [0.25, 0.3) is 0 Å². The van der Waals surface area contributed by atoms with Crippen LogP contribution in [0.15, 0.2) is 42.5 Å². The van der Waals surface area contributed by atoms with Crippen LogP contribution in [0.5, 0.6) is 0 Å². The van der Waals surface area contributed by atoms with Gasteiger partial charge in [0.1, 0.15) is 12.1 Å². The molecule has 33 heavy (non-hydrogen) atoms. The molecule has 2 aliphatic rings. The number of nitrogens with one attached hydrogen (secondary N) is 2. The number of nitrogens with zero attached hydrogens (tertiary/aromatic N) is 3. The Morgan fingerprint density at radius 1 is 1.18 bits per heavy atom. The number of nitro benzene ring substituents is 1. The lowest BCUT2D eigenvalue weighted by Gasteiger charge is -2.22. The van der Waals surface area contributed by atoms with Crippen LogP contribution in [0, 0.1) is 17.0 Å². The number of urea groups is 1. The number of hydrogen-bond donors (Lipinski definition) is 2. The van der Waals surface area contributed by atoms with Crippen molar-refractivity contribution in [1.29, 1.82) is 0 Å². The molecule has 4 rings (SSSR count). The SMILES string of the molecule is Cc1cc(N2CCCC2)ccc1NC(=O)CN1C(=O)NC(C)(c2cccc([N+](=O)[O-])c2)C1=O. The summed E-state index contributed by atoms with van der Waals surface area (Å²) >= 11 is 0. The summed E-state index contributed by atoms with van der Waals surface area (Å²) in [6.45, 7) is 4.91. The Kier molecular flexibility index (Phi) is 5.75. The van der Waals surface area contributed by atoms with Crippen molar-refractivity contribution in [3.05, 3.63) is 63.7 Å². The van der Waals surface area contributed by atoms with Gasteiger partial charge in [0, 0.05) is 36.6 Å². The fourth-order valence-corrected chi connectivity index (χ4v) is 4.26. The highest BCUT2D eigenvalue weighted by molar-refractivity contribution is 6.10. The highest BCUT2D eigenvalue weighted by Crippen LogP contribution is 2.31. The van der Waals surface area contributed by atoms with Gasteiger partial charge >= 0.3 is 6.03 Å². The summed E-state index contributed by atoms with van der Waals surface area (Å²) in [5.74, 6) is -1.16. The molecule has 10 heteroatoms. The summed E-state index contributed by atoms with van der Waals surface area (Å²) in [6.07, 6.45) is 2.33. The van der Waals surface area contributed by atoms with E-state index in [-0.39, 0.29) is 11.3 Å². The zero-order valence-electron chi connectivity index (χ0n) is 18.5. The zero-order chi connectivity index (χ0) is 23.8. The van der Waals surface area contributed by atoms with Gasteiger partial charge in [0.25, 0.3) is 11.6 Å². The fraction of sp³-hybridized carbons (Fsp3) is 0.348. The second-order valence-electron chi connectivity index (χ2n) is 8.50. The van der Waals surface area contributed by atoms with E-state index in [0.717, 1.165) is 29.2 Å². The maximum Gasteiger partial charge on any atom is 0.325 e. The van der Waals surface area contributed by atoms with Crippen molar-refractivity contribution in [2.45, 2.75) is 32.2 Å². The molecule has 1 atom stereocenters. The van der Waals surface area contributed by atoms with Gasteiger partial charge in [-0.3, -0.25) is 24.6 Å². The van der Waals surface area contributed by atoms with E-state index in [4.69, 9.17) is 0 Å². The first-order valence-corrected chi connectivity index (χ1v) is 10.7. The molecule has 0 aliphatic carbocycles. The number of rotatable bonds is 6. The molecule has 2 fully saturated rings. The summed E-state index contributed by atoms with van der Waals surface area (Å²) in [5, 5.41) is 16.4. The summed E-state index contributed by atoms with van der Waals surface area (Å²) in [7, 11) is 0. The number of aryl methyl sites for hydroxylation is 1. The van der Waals surface area contributed by atoms with Crippen LogP contribution >= 0.6 is 0 Å². The summed E-state index contributed by atoms with van der Waals surface area (Å²) in [4.78, 5) is 51.9. The molecule has 2 aliphatic heterocycles. The highest BCUT2D eigenvalue weighted by atomic mass is 16.6. The third-order valence-corrected chi connectivity index (χ3v) is 6.17. The van der Waals surface area contributed by atoms with Gasteiger partial charge in [-0.1, -0.05) is 12.1 Å². The number of amides is 4. The van der Waals surface area contributed by atoms with Crippen molar-refractivity contribution in [2.75, 3.05) is 29.9 Å². The van der Waals surface area contributed by atoms with Crippen molar-refractivity contribution in [1.82, 2.24) is 10.2 Å². The normalized spacial score (nSPS) is 20.2. The minimum absolute atomic E-state index is 0.195. The van der Waals surface area contributed by atoms with E-state index in [9.17, 15) is 24.5 Å². The minimum atomic E-state index is -1.50. The van der Waals surface area contributed by atoms with Crippen LogP contribution in [-0.2, 0) is 15.1 Å². The highest BCUT2D eigenvalue weighted by Gasteiger charge is 2.49. The van der Waals surface area contributed by atoms with Crippen LogP contribution in [0.2, 0.25) is 0 Å². The second kappa shape index (κ2) is 8.53. The Bertz CT molecular complexity index is 1140. The molecule has 4 amide bonds. The number of benzene rings is 2. The van der Waals surface area contributed by atoms with E-state index in [1.807, 2.05) is 25.1 Å². The topological polar surface area (TPSA) is 125 Å². The molecular weight excluding hydrogens is 426 g/mol. The van der Waals surface area contributed by atoms with E-state index in [1.54, 1.807) is 0 Å². The smallest absolute Gasteiger partial charge is 0.325 e. The quantitative estimate of drug-likeness (QED) is 0.395. The molecule has 0 bridgehead atoms. The molecule has 0 radical (unpaired) electrons. The molecule has 2 saturated heterocycles. The van der Waals surface area contributed by atoms with Crippen molar-refractivity contribution >= 4 is 34.9 Å². The predicted octanol–water partition coefficient (Wildman–Crippen LogP) is 2.91. The number of carbonyl (C=O) groups is 3.